The number of nitrogens with one attached hydrogen (secondary N) is 1. The Kier molecular flexibility index (Phi) is 3.54. The van der Waals surface area contributed by atoms with Gasteiger partial charge in [-0.2, -0.15) is 0 Å². The van der Waals surface area contributed by atoms with Gasteiger partial charge in [0.15, 0.2) is 0 Å². The molecular weight excluding hydrogens is 220 g/mol. The number of urea groups is 1. The third-order valence-electron chi connectivity index (χ3n) is 3.81. The molecule has 2 N–H and O–H groups in total. The molecule has 1 aliphatic carbocycles. The number of piperidine rings is 1. The van der Waals surface area contributed by atoms with Gasteiger partial charge in [0.1, 0.15) is 0 Å². The predicted octanol–water partition coefficient (Wildman–Crippen LogP) is 1.29. The van der Waals surface area contributed by atoms with Gasteiger partial charge in [-0.05, 0) is 25.2 Å². The molecule has 2 fully saturated rings. The van der Waals surface area contributed by atoms with Crippen molar-refractivity contribution in [2.75, 3.05) is 13.1 Å². The minimum absolute atomic E-state index is 0.0862. The standard InChI is InChI=1S/C12H20N2O3/c1-2-8-6-10(8)13-12(17)14-5-3-4-9(7-14)11(15)16/h8-10H,2-7H2,1H3,(H,13,17)(H,15,16)/t8-,9?,10-/m1/s1. The van der Waals surface area contributed by atoms with E-state index >= 15 is 0 Å². The number of carbonyl (C=O) groups excluding carboxylic acids is 1. The van der Waals surface area contributed by atoms with E-state index in [0.29, 0.717) is 31.5 Å². The summed E-state index contributed by atoms with van der Waals surface area (Å²) in [6.07, 6.45) is 3.63. The van der Waals surface area contributed by atoms with Gasteiger partial charge in [-0.1, -0.05) is 13.3 Å². The van der Waals surface area contributed by atoms with Crippen molar-refractivity contribution < 1.29 is 14.7 Å². The second-order valence-electron chi connectivity index (χ2n) is 5.08. The molecule has 1 aliphatic heterocycles. The maximum atomic E-state index is 11.9. The Labute approximate surface area is 101 Å². The van der Waals surface area contributed by atoms with Gasteiger partial charge in [0, 0.05) is 19.1 Å². The second-order valence-corrected chi connectivity index (χ2v) is 5.08. The molecule has 96 valence electrons. The molecule has 0 bridgehead atoms. The van der Waals surface area contributed by atoms with E-state index in [-0.39, 0.29) is 6.03 Å². The summed E-state index contributed by atoms with van der Waals surface area (Å²) in [6, 6.07) is 0.231. The molecule has 2 rings (SSSR count). The SMILES string of the molecule is CC[C@@H]1C[C@H]1NC(=O)N1CCCC(C(=O)O)C1. The summed E-state index contributed by atoms with van der Waals surface area (Å²) in [5, 5.41) is 11.9. The molecule has 0 aromatic carbocycles. The van der Waals surface area contributed by atoms with Gasteiger partial charge in [-0.25, -0.2) is 4.79 Å². The highest BCUT2D eigenvalue weighted by atomic mass is 16.4. The lowest BCUT2D eigenvalue weighted by Gasteiger charge is -2.30. The summed E-state index contributed by atoms with van der Waals surface area (Å²) >= 11 is 0. The molecule has 1 heterocycles. The van der Waals surface area contributed by atoms with E-state index in [1.165, 1.54) is 0 Å². The molecule has 1 saturated carbocycles. The van der Waals surface area contributed by atoms with Crippen LogP contribution in [0.1, 0.15) is 32.6 Å². The maximum Gasteiger partial charge on any atom is 0.317 e. The summed E-state index contributed by atoms with van der Waals surface area (Å²) in [5.41, 5.74) is 0. The number of rotatable bonds is 3. The molecule has 2 aliphatic rings. The molecule has 0 aromatic heterocycles. The molecule has 2 amide bonds. The van der Waals surface area contributed by atoms with Crippen LogP contribution in [0, 0.1) is 11.8 Å². The Balaban J connectivity index is 1.81. The van der Waals surface area contributed by atoms with Gasteiger partial charge in [-0.3, -0.25) is 4.79 Å². The minimum atomic E-state index is -0.791. The van der Waals surface area contributed by atoms with E-state index in [1.54, 1.807) is 4.90 Å². The lowest BCUT2D eigenvalue weighted by Crippen LogP contribution is -2.47. The summed E-state index contributed by atoms with van der Waals surface area (Å²) in [4.78, 5) is 24.4. The van der Waals surface area contributed by atoms with Gasteiger partial charge in [0.05, 0.1) is 5.92 Å². The largest absolute Gasteiger partial charge is 0.481 e. The van der Waals surface area contributed by atoms with Crippen LogP contribution in [0.5, 0.6) is 0 Å². The number of aliphatic carboxylic acids is 1. The first-order valence-electron chi connectivity index (χ1n) is 6.40. The predicted molar refractivity (Wildman–Crippen MR) is 62.7 cm³/mol. The Morgan fingerprint density at radius 2 is 2.24 bits per heavy atom. The smallest absolute Gasteiger partial charge is 0.317 e. The number of nitrogens with zero attached hydrogens (tertiary/aromatic N) is 1. The minimum Gasteiger partial charge on any atom is -0.481 e. The van der Waals surface area contributed by atoms with Crippen molar-refractivity contribution in [1.82, 2.24) is 10.2 Å². The average molecular weight is 240 g/mol. The number of amides is 2. The number of likely N-dealkylation sites (tertiary alicyclic amines) is 1. The Hall–Kier alpha value is -1.26. The van der Waals surface area contributed by atoms with E-state index in [4.69, 9.17) is 5.11 Å². The maximum absolute atomic E-state index is 11.9. The summed E-state index contributed by atoms with van der Waals surface area (Å²) in [7, 11) is 0. The van der Waals surface area contributed by atoms with Crippen LogP contribution in [-0.2, 0) is 4.79 Å². The van der Waals surface area contributed by atoms with Crippen LogP contribution in [0.25, 0.3) is 0 Å². The molecule has 17 heavy (non-hydrogen) atoms. The Bertz CT molecular complexity index is 319. The third kappa shape index (κ3) is 2.90. The Morgan fingerprint density at radius 1 is 1.47 bits per heavy atom. The fraction of sp³-hybridized carbons (Fsp3) is 0.833. The van der Waals surface area contributed by atoms with Gasteiger partial charge >= 0.3 is 12.0 Å². The second kappa shape index (κ2) is 4.94. The molecule has 5 nitrogen and oxygen atoms in total. The third-order valence-corrected chi connectivity index (χ3v) is 3.81. The molecule has 3 atom stereocenters. The zero-order valence-corrected chi connectivity index (χ0v) is 10.2. The molecule has 5 heteroatoms. The molecule has 1 saturated heterocycles. The van der Waals surface area contributed by atoms with Gasteiger partial charge in [0.2, 0.25) is 0 Å². The zero-order valence-electron chi connectivity index (χ0n) is 10.2. The van der Waals surface area contributed by atoms with E-state index < -0.39 is 11.9 Å². The number of carbonyl (C=O) groups is 2. The van der Waals surface area contributed by atoms with E-state index in [2.05, 4.69) is 12.2 Å². The quantitative estimate of drug-likeness (QED) is 0.781. The van der Waals surface area contributed by atoms with Gasteiger partial charge < -0.3 is 15.3 Å². The molecule has 0 spiro atoms. The van der Waals surface area contributed by atoms with Crippen molar-refractivity contribution in [3.05, 3.63) is 0 Å². The number of carboxylic acid groups (broad SMARTS) is 1. The highest BCUT2D eigenvalue weighted by Gasteiger charge is 2.38. The monoisotopic (exact) mass is 240 g/mol. The average Bonchev–Trinajstić information content (AvgIpc) is 3.07. The number of carboxylic acids is 1. The van der Waals surface area contributed by atoms with Crippen LogP contribution in [0.3, 0.4) is 0 Å². The van der Waals surface area contributed by atoms with Gasteiger partial charge in [0.25, 0.3) is 0 Å². The van der Waals surface area contributed by atoms with Crippen molar-refractivity contribution in [2.24, 2.45) is 11.8 Å². The Morgan fingerprint density at radius 3 is 2.82 bits per heavy atom. The van der Waals surface area contributed by atoms with E-state index in [9.17, 15) is 9.59 Å². The molecule has 0 aromatic rings. The highest BCUT2D eigenvalue weighted by Crippen LogP contribution is 2.33. The lowest BCUT2D eigenvalue weighted by atomic mass is 9.99. The van der Waals surface area contributed by atoms with Crippen LogP contribution in [0.2, 0.25) is 0 Å². The molecule has 1 unspecified atom stereocenters. The fourth-order valence-electron chi connectivity index (χ4n) is 2.49. The number of hydrogen-bond acceptors (Lipinski definition) is 2. The topological polar surface area (TPSA) is 69.6 Å². The first-order valence-corrected chi connectivity index (χ1v) is 6.40. The fourth-order valence-corrected chi connectivity index (χ4v) is 2.49. The first-order chi connectivity index (χ1) is 8.11. The molecular formula is C12H20N2O3. The van der Waals surface area contributed by atoms with Crippen molar-refractivity contribution in [3.63, 3.8) is 0 Å². The van der Waals surface area contributed by atoms with Crippen LogP contribution < -0.4 is 5.32 Å². The summed E-state index contributed by atoms with van der Waals surface area (Å²) in [5.74, 6) is -0.560. The van der Waals surface area contributed by atoms with E-state index in [1.807, 2.05) is 0 Å². The molecule has 0 radical (unpaired) electrons. The van der Waals surface area contributed by atoms with Gasteiger partial charge in [-0.15, -0.1) is 0 Å². The normalized spacial score (nSPS) is 32.1. The van der Waals surface area contributed by atoms with Crippen LogP contribution in [0.15, 0.2) is 0 Å². The van der Waals surface area contributed by atoms with Crippen molar-refractivity contribution >= 4 is 12.0 Å². The van der Waals surface area contributed by atoms with Crippen LogP contribution in [-0.4, -0.2) is 41.1 Å². The zero-order chi connectivity index (χ0) is 12.4. The van der Waals surface area contributed by atoms with Crippen molar-refractivity contribution in [1.29, 1.82) is 0 Å². The van der Waals surface area contributed by atoms with Crippen LogP contribution in [0.4, 0.5) is 4.79 Å². The highest BCUT2D eigenvalue weighted by molar-refractivity contribution is 5.77. The lowest BCUT2D eigenvalue weighted by molar-refractivity contribution is -0.143. The summed E-state index contributed by atoms with van der Waals surface area (Å²) < 4.78 is 0. The van der Waals surface area contributed by atoms with Crippen molar-refractivity contribution in [3.8, 4) is 0 Å². The van der Waals surface area contributed by atoms with Crippen molar-refractivity contribution in [2.45, 2.75) is 38.6 Å². The van der Waals surface area contributed by atoms with Crippen LogP contribution >= 0.6 is 0 Å². The summed E-state index contributed by atoms with van der Waals surface area (Å²) in [6.45, 7) is 3.15. The first kappa shape index (κ1) is 12.2. The van der Waals surface area contributed by atoms with E-state index in [0.717, 1.165) is 19.3 Å². The number of hydrogen-bond donors (Lipinski definition) is 2.